The van der Waals surface area contributed by atoms with Crippen LogP contribution in [0.25, 0.3) is 0 Å². The van der Waals surface area contributed by atoms with Crippen molar-refractivity contribution in [3.63, 3.8) is 0 Å². The Labute approximate surface area is 106 Å². The molecule has 1 atom stereocenters. The molecule has 1 aliphatic heterocycles. The number of amides is 3. The maximum absolute atomic E-state index is 12.0. The summed E-state index contributed by atoms with van der Waals surface area (Å²) < 4.78 is 0. The first kappa shape index (κ1) is 14.3. The molecule has 0 aromatic carbocycles. The molecule has 1 saturated heterocycles. The van der Waals surface area contributed by atoms with Gasteiger partial charge in [-0.1, -0.05) is 0 Å². The number of likely N-dealkylation sites (tertiary alicyclic amines) is 1. The zero-order valence-corrected chi connectivity index (χ0v) is 10.7. The second-order valence-electron chi connectivity index (χ2n) is 4.32. The Kier molecular flexibility index (Phi) is 4.94. The van der Waals surface area contributed by atoms with Crippen molar-refractivity contribution in [3.05, 3.63) is 0 Å². The van der Waals surface area contributed by atoms with Gasteiger partial charge in [-0.25, -0.2) is 9.59 Å². The van der Waals surface area contributed by atoms with Gasteiger partial charge in [0.1, 0.15) is 6.04 Å². The maximum Gasteiger partial charge on any atom is 0.326 e. The third-order valence-electron chi connectivity index (χ3n) is 3.06. The Hall–Kier alpha value is -1.79. The van der Waals surface area contributed by atoms with Crippen LogP contribution in [0.1, 0.15) is 19.3 Å². The van der Waals surface area contributed by atoms with Crippen molar-refractivity contribution < 1.29 is 19.5 Å². The smallest absolute Gasteiger partial charge is 0.326 e. The van der Waals surface area contributed by atoms with E-state index in [1.807, 2.05) is 0 Å². The molecular formula is C11H19N3O4. The predicted molar refractivity (Wildman–Crippen MR) is 64.1 cm³/mol. The zero-order chi connectivity index (χ0) is 13.7. The second-order valence-corrected chi connectivity index (χ2v) is 4.32. The van der Waals surface area contributed by atoms with Crippen LogP contribution < -0.4 is 5.32 Å². The molecule has 18 heavy (non-hydrogen) atoms. The molecular weight excluding hydrogens is 238 g/mol. The number of rotatable bonds is 4. The van der Waals surface area contributed by atoms with E-state index >= 15 is 0 Å². The molecule has 1 rings (SSSR count). The van der Waals surface area contributed by atoms with Crippen molar-refractivity contribution in [1.29, 1.82) is 0 Å². The van der Waals surface area contributed by atoms with Gasteiger partial charge in [0.25, 0.3) is 0 Å². The monoisotopic (exact) mass is 257 g/mol. The third-order valence-corrected chi connectivity index (χ3v) is 3.06. The summed E-state index contributed by atoms with van der Waals surface area (Å²) in [7, 11) is 3.10. The highest BCUT2D eigenvalue weighted by atomic mass is 16.4. The Morgan fingerprint density at radius 3 is 2.67 bits per heavy atom. The number of urea groups is 1. The van der Waals surface area contributed by atoms with Crippen LogP contribution >= 0.6 is 0 Å². The highest BCUT2D eigenvalue weighted by molar-refractivity contribution is 5.83. The van der Waals surface area contributed by atoms with Gasteiger partial charge in [0, 0.05) is 33.6 Å². The molecule has 1 aliphatic rings. The van der Waals surface area contributed by atoms with Crippen LogP contribution in [0.5, 0.6) is 0 Å². The maximum atomic E-state index is 12.0. The quantitative estimate of drug-likeness (QED) is 0.725. The van der Waals surface area contributed by atoms with Crippen molar-refractivity contribution in [2.75, 3.05) is 27.2 Å². The topological polar surface area (TPSA) is 90.0 Å². The molecule has 0 saturated carbocycles. The van der Waals surface area contributed by atoms with Crippen molar-refractivity contribution in [3.8, 4) is 0 Å². The lowest BCUT2D eigenvalue weighted by Crippen LogP contribution is -2.47. The molecule has 1 heterocycles. The zero-order valence-electron chi connectivity index (χ0n) is 10.7. The van der Waals surface area contributed by atoms with Gasteiger partial charge in [-0.3, -0.25) is 4.79 Å². The van der Waals surface area contributed by atoms with Crippen LogP contribution in [0.3, 0.4) is 0 Å². The largest absolute Gasteiger partial charge is 0.480 e. The molecule has 0 aromatic rings. The van der Waals surface area contributed by atoms with E-state index in [0.29, 0.717) is 19.4 Å². The van der Waals surface area contributed by atoms with Gasteiger partial charge in [-0.15, -0.1) is 0 Å². The van der Waals surface area contributed by atoms with E-state index in [9.17, 15) is 14.4 Å². The van der Waals surface area contributed by atoms with Crippen LogP contribution in [0.2, 0.25) is 0 Å². The van der Waals surface area contributed by atoms with Gasteiger partial charge in [0.15, 0.2) is 0 Å². The molecule has 7 nitrogen and oxygen atoms in total. The van der Waals surface area contributed by atoms with Crippen LogP contribution in [-0.2, 0) is 9.59 Å². The van der Waals surface area contributed by atoms with E-state index in [1.165, 1.54) is 16.8 Å². The minimum atomic E-state index is -0.972. The molecule has 0 bridgehead atoms. The van der Waals surface area contributed by atoms with Crippen molar-refractivity contribution in [2.24, 2.45) is 0 Å². The van der Waals surface area contributed by atoms with Gasteiger partial charge in [0.05, 0.1) is 0 Å². The first-order valence-electron chi connectivity index (χ1n) is 5.92. The summed E-state index contributed by atoms with van der Waals surface area (Å²) in [4.78, 5) is 36.8. The normalized spacial score (nSPS) is 18.6. The molecule has 0 aliphatic carbocycles. The minimum absolute atomic E-state index is 0.147. The summed E-state index contributed by atoms with van der Waals surface area (Å²) in [5.74, 6) is -1.12. The fourth-order valence-electron chi connectivity index (χ4n) is 1.96. The highest BCUT2D eigenvalue weighted by Crippen LogP contribution is 2.18. The number of carboxylic acids is 1. The summed E-state index contributed by atoms with van der Waals surface area (Å²) in [6, 6.07) is -1.07. The van der Waals surface area contributed by atoms with Crippen LogP contribution in [-0.4, -0.2) is 66.0 Å². The SMILES string of the molecule is CNC(=O)CCN(C)C(=O)N1CCCC1C(=O)O. The van der Waals surface area contributed by atoms with Crippen molar-refractivity contribution in [2.45, 2.75) is 25.3 Å². The summed E-state index contributed by atoms with van der Waals surface area (Å²) >= 11 is 0. The summed E-state index contributed by atoms with van der Waals surface area (Å²) in [5.41, 5.74) is 0. The van der Waals surface area contributed by atoms with E-state index < -0.39 is 12.0 Å². The number of hydrogen-bond acceptors (Lipinski definition) is 3. The van der Waals surface area contributed by atoms with Gasteiger partial charge in [-0.2, -0.15) is 0 Å². The lowest BCUT2D eigenvalue weighted by Gasteiger charge is -2.27. The molecule has 0 spiro atoms. The molecule has 7 heteroatoms. The van der Waals surface area contributed by atoms with Crippen LogP contribution in [0.4, 0.5) is 4.79 Å². The second kappa shape index (κ2) is 6.23. The van der Waals surface area contributed by atoms with E-state index in [1.54, 1.807) is 7.05 Å². The minimum Gasteiger partial charge on any atom is -0.480 e. The Balaban J connectivity index is 2.52. The number of carboxylic acid groups (broad SMARTS) is 1. The first-order chi connectivity index (χ1) is 8.47. The number of nitrogens with one attached hydrogen (secondary N) is 1. The lowest BCUT2D eigenvalue weighted by atomic mass is 10.2. The van der Waals surface area contributed by atoms with E-state index in [0.717, 1.165) is 0 Å². The number of aliphatic carboxylic acids is 1. The molecule has 1 unspecified atom stereocenters. The Bertz CT molecular complexity index is 345. The van der Waals surface area contributed by atoms with Crippen molar-refractivity contribution in [1.82, 2.24) is 15.1 Å². The summed E-state index contributed by atoms with van der Waals surface area (Å²) in [6.45, 7) is 0.738. The fourth-order valence-corrected chi connectivity index (χ4v) is 1.96. The molecule has 0 radical (unpaired) electrons. The van der Waals surface area contributed by atoms with E-state index in [-0.39, 0.29) is 24.9 Å². The number of hydrogen-bond donors (Lipinski definition) is 2. The number of carbonyl (C=O) groups is 3. The number of nitrogens with zero attached hydrogens (tertiary/aromatic N) is 2. The van der Waals surface area contributed by atoms with Gasteiger partial charge < -0.3 is 20.2 Å². The number of carbonyl (C=O) groups excluding carboxylic acids is 2. The highest BCUT2D eigenvalue weighted by Gasteiger charge is 2.35. The van der Waals surface area contributed by atoms with Crippen LogP contribution in [0.15, 0.2) is 0 Å². The lowest BCUT2D eigenvalue weighted by molar-refractivity contribution is -0.141. The first-order valence-corrected chi connectivity index (χ1v) is 5.92. The molecule has 2 N–H and O–H groups in total. The van der Waals surface area contributed by atoms with Gasteiger partial charge >= 0.3 is 12.0 Å². The van der Waals surface area contributed by atoms with Gasteiger partial charge in [-0.05, 0) is 12.8 Å². The molecule has 0 aromatic heterocycles. The Morgan fingerprint density at radius 2 is 2.11 bits per heavy atom. The summed E-state index contributed by atoms with van der Waals surface area (Å²) in [5, 5.41) is 11.5. The average Bonchev–Trinajstić information content (AvgIpc) is 2.83. The predicted octanol–water partition coefficient (Wildman–Crippen LogP) is -0.277. The summed E-state index contributed by atoms with van der Waals surface area (Å²) in [6.07, 6.45) is 1.40. The van der Waals surface area contributed by atoms with Crippen LogP contribution in [0, 0.1) is 0 Å². The molecule has 3 amide bonds. The standard InChI is InChI=1S/C11H19N3O4/c1-12-9(15)5-7-13(2)11(18)14-6-3-4-8(14)10(16)17/h8H,3-7H2,1-2H3,(H,12,15)(H,16,17). The fraction of sp³-hybridized carbons (Fsp3) is 0.727. The van der Waals surface area contributed by atoms with Crippen molar-refractivity contribution >= 4 is 17.9 Å². The Morgan fingerprint density at radius 1 is 1.44 bits per heavy atom. The van der Waals surface area contributed by atoms with Gasteiger partial charge in [0.2, 0.25) is 5.91 Å². The molecule has 1 fully saturated rings. The van der Waals surface area contributed by atoms with E-state index in [2.05, 4.69) is 5.32 Å². The molecule has 102 valence electrons. The average molecular weight is 257 g/mol. The van der Waals surface area contributed by atoms with E-state index in [4.69, 9.17) is 5.11 Å². The third kappa shape index (κ3) is 3.35.